The molecule has 0 aliphatic carbocycles. The molecule has 0 saturated carbocycles. The van der Waals surface area contributed by atoms with E-state index in [9.17, 15) is 18.7 Å². The van der Waals surface area contributed by atoms with E-state index in [0.29, 0.717) is 40.0 Å². The number of nitrogens with one attached hydrogen (secondary N) is 1. The molecule has 0 spiro atoms. The van der Waals surface area contributed by atoms with Gasteiger partial charge in [0.1, 0.15) is 18.2 Å². The Morgan fingerprint density at radius 1 is 1.20 bits per heavy atom. The molecule has 1 aliphatic rings. The minimum absolute atomic E-state index is 0.153. The van der Waals surface area contributed by atoms with Crippen molar-refractivity contribution in [1.29, 1.82) is 0 Å². The van der Waals surface area contributed by atoms with Crippen LogP contribution in [0.5, 0.6) is 5.75 Å². The maximum absolute atomic E-state index is 13.1. The van der Waals surface area contributed by atoms with Crippen LogP contribution in [0.3, 0.4) is 0 Å². The molecule has 2 aromatic heterocycles. The summed E-state index contributed by atoms with van der Waals surface area (Å²) in [6.07, 6.45) is 5.55. The first-order valence-corrected chi connectivity index (χ1v) is 10.9. The lowest BCUT2D eigenvalue weighted by atomic mass is 10.0. The van der Waals surface area contributed by atoms with Crippen LogP contribution in [0.15, 0.2) is 61.4 Å². The number of ether oxygens (including phenoxy) is 2. The molecule has 5 rings (SSSR count). The summed E-state index contributed by atoms with van der Waals surface area (Å²) in [4.78, 5) is 25.7. The molecule has 0 unspecified atom stereocenters. The maximum Gasteiger partial charge on any atom is 0.487 e. The lowest BCUT2D eigenvalue weighted by Crippen LogP contribution is -2.21. The number of alkyl halides is 3. The van der Waals surface area contributed by atoms with Crippen molar-refractivity contribution in [3.05, 3.63) is 67.0 Å². The Hall–Kier alpha value is -3.67. The summed E-state index contributed by atoms with van der Waals surface area (Å²) in [5.74, 6) is -0.598. The topological polar surface area (TPSA) is 111 Å². The number of carbonyl (C=O) groups excluding carboxylic acids is 1. The molecule has 1 aliphatic heterocycles. The van der Waals surface area contributed by atoms with Crippen LogP contribution in [0.1, 0.15) is 16.4 Å². The van der Waals surface area contributed by atoms with Gasteiger partial charge in [-0.1, -0.05) is 0 Å². The number of nitrogens with zero attached hydrogens (tertiary/aromatic N) is 4. The molecule has 2 N–H and O–H groups in total. The summed E-state index contributed by atoms with van der Waals surface area (Å²) in [7, 11) is 0. The Labute approximate surface area is 202 Å². The van der Waals surface area contributed by atoms with E-state index in [1.54, 1.807) is 30.9 Å². The molecule has 180 valence electrons. The van der Waals surface area contributed by atoms with Gasteiger partial charge >= 0.3 is 5.57 Å². The summed E-state index contributed by atoms with van der Waals surface area (Å²) in [5, 5.41) is 13.1. The van der Waals surface area contributed by atoms with Gasteiger partial charge < -0.3 is 24.5 Å². The predicted molar refractivity (Wildman–Crippen MR) is 122 cm³/mol. The molecule has 1 fully saturated rings. The second kappa shape index (κ2) is 9.17. The Bertz CT molecular complexity index is 1360. The zero-order valence-corrected chi connectivity index (χ0v) is 18.7. The van der Waals surface area contributed by atoms with Gasteiger partial charge in [-0.25, -0.2) is 15.0 Å². The van der Waals surface area contributed by atoms with Gasteiger partial charge in [-0.3, -0.25) is 4.79 Å². The zero-order chi connectivity index (χ0) is 24.6. The van der Waals surface area contributed by atoms with E-state index in [2.05, 4.69) is 25.0 Å². The first-order valence-electron chi connectivity index (χ1n) is 10.5. The Balaban J connectivity index is 1.50. The first kappa shape index (κ1) is 23.1. The third-order valence-corrected chi connectivity index (χ3v) is 5.60. The van der Waals surface area contributed by atoms with E-state index in [-0.39, 0.29) is 18.4 Å². The quantitative estimate of drug-likeness (QED) is 0.386. The van der Waals surface area contributed by atoms with Gasteiger partial charge in [0.2, 0.25) is 0 Å². The lowest BCUT2D eigenvalue weighted by molar-refractivity contribution is -0.0964. The SMILES string of the molecule is O=C(Nc1ccc(OC(F)(F)Cl)cc1)c1cc(-c2cncnc2)c2c(c1)ncn2[C@@H]1COC[C@@H]1O. The smallest absolute Gasteiger partial charge is 0.420 e. The van der Waals surface area contributed by atoms with Crippen LogP contribution < -0.4 is 10.1 Å². The van der Waals surface area contributed by atoms with Crippen LogP contribution in [0.25, 0.3) is 22.2 Å². The Morgan fingerprint density at radius 3 is 2.60 bits per heavy atom. The minimum atomic E-state index is -3.83. The number of hydrogen-bond donors (Lipinski definition) is 2. The number of imidazole rings is 1. The van der Waals surface area contributed by atoms with E-state index >= 15 is 0 Å². The van der Waals surface area contributed by atoms with Crippen molar-refractivity contribution in [1.82, 2.24) is 19.5 Å². The Kier molecular flexibility index (Phi) is 6.05. The van der Waals surface area contributed by atoms with Crippen LogP contribution in [-0.2, 0) is 4.74 Å². The van der Waals surface area contributed by atoms with Gasteiger partial charge in [0.25, 0.3) is 5.91 Å². The second-order valence-electron chi connectivity index (χ2n) is 7.87. The highest BCUT2D eigenvalue weighted by Gasteiger charge is 2.30. The molecule has 4 aromatic rings. The molecule has 1 amide bonds. The fourth-order valence-corrected chi connectivity index (χ4v) is 4.04. The van der Waals surface area contributed by atoms with Crippen LogP contribution >= 0.6 is 11.6 Å². The summed E-state index contributed by atoms with van der Waals surface area (Å²) in [6, 6.07) is 8.33. The van der Waals surface area contributed by atoms with Crippen LogP contribution in [0, 0.1) is 0 Å². The van der Waals surface area contributed by atoms with Gasteiger partial charge in [0, 0.05) is 46.4 Å². The van der Waals surface area contributed by atoms with Crippen molar-refractivity contribution >= 4 is 34.2 Å². The maximum atomic E-state index is 13.1. The number of rotatable bonds is 6. The minimum Gasteiger partial charge on any atom is -0.420 e. The van der Waals surface area contributed by atoms with Crippen LogP contribution in [0.2, 0.25) is 0 Å². The molecular formula is C23H18ClF2N5O4. The van der Waals surface area contributed by atoms with Crippen molar-refractivity contribution in [3.8, 4) is 16.9 Å². The number of anilines is 1. The summed E-state index contributed by atoms with van der Waals surface area (Å²) >= 11 is 4.77. The van der Waals surface area contributed by atoms with Gasteiger partial charge in [-0.15, -0.1) is 8.78 Å². The fraction of sp³-hybridized carbons (Fsp3) is 0.217. The highest BCUT2D eigenvalue weighted by Crippen LogP contribution is 2.33. The number of halogens is 3. The van der Waals surface area contributed by atoms with Crippen LogP contribution in [0.4, 0.5) is 14.5 Å². The molecule has 0 radical (unpaired) electrons. The lowest BCUT2D eigenvalue weighted by Gasteiger charge is -2.17. The van der Waals surface area contributed by atoms with Crippen molar-refractivity contribution in [3.63, 3.8) is 0 Å². The zero-order valence-electron chi connectivity index (χ0n) is 17.9. The Morgan fingerprint density at radius 2 is 1.94 bits per heavy atom. The number of amides is 1. The largest absolute Gasteiger partial charge is 0.487 e. The van der Waals surface area contributed by atoms with E-state index < -0.39 is 17.6 Å². The molecule has 2 atom stereocenters. The molecule has 1 saturated heterocycles. The number of benzene rings is 2. The van der Waals surface area contributed by atoms with Crippen molar-refractivity contribution in [2.75, 3.05) is 18.5 Å². The molecule has 3 heterocycles. The van der Waals surface area contributed by atoms with Gasteiger partial charge in [0.15, 0.2) is 0 Å². The highest BCUT2D eigenvalue weighted by molar-refractivity contribution is 6.20. The number of aliphatic hydroxyl groups excluding tert-OH is 1. The molecule has 12 heteroatoms. The van der Waals surface area contributed by atoms with Gasteiger partial charge in [-0.05, 0) is 36.4 Å². The summed E-state index contributed by atoms with van der Waals surface area (Å²) in [5.41, 5.74) is -0.622. The number of fused-ring (bicyclic) bond motifs is 1. The van der Waals surface area contributed by atoms with Crippen molar-refractivity contribution in [2.24, 2.45) is 0 Å². The predicted octanol–water partition coefficient (Wildman–Crippen LogP) is 3.85. The standard InChI is InChI=1S/C23H18ClF2N5O4/c24-23(25,26)35-16-3-1-15(2-4-16)30-22(33)13-5-17(14-7-27-11-28-8-14)21-18(6-13)29-12-31(21)19-9-34-10-20(19)32/h1-8,11-12,19-20,32H,9-10H2,(H,30,33)/t19-,20+/m1/s1. The van der Waals surface area contributed by atoms with E-state index in [1.165, 1.54) is 30.6 Å². The van der Waals surface area contributed by atoms with Crippen molar-refractivity contribution in [2.45, 2.75) is 17.7 Å². The van der Waals surface area contributed by atoms with E-state index in [4.69, 9.17) is 16.3 Å². The average Bonchev–Trinajstić information content (AvgIpc) is 3.45. The molecule has 0 bridgehead atoms. The third-order valence-electron chi connectivity index (χ3n) is 5.53. The number of aliphatic hydroxyl groups is 1. The molecular weight excluding hydrogens is 484 g/mol. The molecule has 2 aromatic carbocycles. The number of aromatic nitrogens is 4. The number of hydrogen-bond acceptors (Lipinski definition) is 7. The summed E-state index contributed by atoms with van der Waals surface area (Å²) < 4.78 is 37.1. The van der Waals surface area contributed by atoms with Gasteiger partial charge in [0.05, 0.1) is 36.6 Å². The first-order chi connectivity index (χ1) is 16.8. The second-order valence-corrected chi connectivity index (χ2v) is 8.31. The van der Waals surface area contributed by atoms with E-state index in [0.717, 1.165) is 0 Å². The molecule has 9 nitrogen and oxygen atoms in total. The summed E-state index contributed by atoms with van der Waals surface area (Å²) in [6.45, 7) is 0.552. The normalized spacial score (nSPS) is 18.1. The monoisotopic (exact) mass is 501 g/mol. The van der Waals surface area contributed by atoms with Crippen molar-refractivity contribution < 1.29 is 28.2 Å². The average molecular weight is 502 g/mol. The third kappa shape index (κ3) is 4.92. The fourth-order valence-electron chi connectivity index (χ4n) is 3.95. The highest BCUT2D eigenvalue weighted by atomic mass is 35.5. The van der Waals surface area contributed by atoms with Crippen LogP contribution in [-0.4, -0.2) is 55.4 Å². The molecule has 35 heavy (non-hydrogen) atoms. The number of carbonyl (C=O) groups is 1. The van der Waals surface area contributed by atoms with Gasteiger partial charge in [-0.2, -0.15) is 0 Å². The van der Waals surface area contributed by atoms with E-state index in [1.807, 2.05) is 4.57 Å².